The Hall–Kier alpha value is -3.36. The molecule has 3 N–H and O–H groups in total. The molecule has 26 heavy (non-hydrogen) atoms. The molecular weight excluding hydrogens is 340 g/mol. The number of hydrogen-bond acceptors (Lipinski definition) is 5. The van der Waals surface area contributed by atoms with Gasteiger partial charge in [0.25, 0.3) is 5.69 Å². The smallest absolute Gasteiger partial charge is 0.315 e. The first-order chi connectivity index (χ1) is 12.4. The van der Waals surface area contributed by atoms with Crippen molar-refractivity contribution >= 4 is 17.6 Å². The van der Waals surface area contributed by atoms with Crippen molar-refractivity contribution in [3.63, 3.8) is 0 Å². The van der Waals surface area contributed by atoms with Crippen LogP contribution in [0.5, 0.6) is 0 Å². The number of non-ortho nitro benzene ring substituents is 1. The van der Waals surface area contributed by atoms with Gasteiger partial charge in [0.15, 0.2) is 0 Å². The number of rotatable bonds is 7. The summed E-state index contributed by atoms with van der Waals surface area (Å²) >= 11 is 0. The summed E-state index contributed by atoms with van der Waals surface area (Å²) in [7, 11) is 0. The fourth-order valence-corrected chi connectivity index (χ4v) is 2.23. The van der Waals surface area contributed by atoms with Gasteiger partial charge in [-0.25, -0.2) is 4.79 Å². The molecule has 1 aromatic carbocycles. The molecule has 0 aliphatic heterocycles. The summed E-state index contributed by atoms with van der Waals surface area (Å²) in [4.78, 5) is 34.3. The number of nitro benzene ring substituents is 1. The van der Waals surface area contributed by atoms with E-state index in [0.29, 0.717) is 11.3 Å². The quantitative estimate of drug-likeness (QED) is 0.515. The van der Waals surface area contributed by atoms with Crippen molar-refractivity contribution in [2.75, 3.05) is 0 Å². The number of furan rings is 1. The minimum Gasteiger partial charge on any atom is -0.467 e. The summed E-state index contributed by atoms with van der Waals surface area (Å²) in [6, 6.07) is 7.66. The normalized spacial score (nSPS) is 12.7. The van der Waals surface area contributed by atoms with E-state index in [4.69, 9.17) is 4.42 Å². The molecular formula is C17H20N4O5. The van der Waals surface area contributed by atoms with Crippen LogP contribution in [0.4, 0.5) is 10.5 Å². The van der Waals surface area contributed by atoms with Gasteiger partial charge in [0.2, 0.25) is 5.91 Å². The highest BCUT2D eigenvalue weighted by atomic mass is 16.6. The summed E-state index contributed by atoms with van der Waals surface area (Å²) in [5.74, 6) is 0.244. The van der Waals surface area contributed by atoms with Crippen LogP contribution in [0.1, 0.15) is 31.2 Å². The van der Waals surface area contributed by atoms with Crippen LogP contribution in [0.3, 0.4) is 0 Å². The average molecular weight is 360 g/mol. The topological polar surface area (TPSA) is 127 Å². The highest BCUT2D eigenvalue weighted by Crippen LogP contribution is 2.18. The minimum absolute atomic E-state index is 0.0535. The molecule has 0 spiro atoms. The third-order valence-corrected chi connectivity index (χ3v) is 3.69. The fourth-order valence-electron chi connectivity index (χ4n) is 2.23. The van der Waals surface area contributed by atoms with Crippen molar-refractivity contribution in [1.29, 1.82) is 0 Å². The Labute approximate surface area is 149 Å². The molecule has 138 valence electrons. The van der Waals surface area contributed by atoms with Crippen molar-refractivity contribution in [3.8, 4) is 0 Å². The second-order valence-electron chi connectivity index (χ2n) is 5.71. The minimum atomic E-state index is -0.762. The highest BCUT2D eigenvalue weighted by molar-refractivity contribution is 5.86. The number of nitro groups is 1. The first-order valence-electron chi connectivity index (χ1n) is 7.98. The number of nitrogens with zero attached hydrogens (tertiary/aromatic N) is 1. The zero-order chi connectivity index (χ0) is 19.1. The zero-order valence-electron chi connectivity index (χ0n) is 14.4. The molecule has 0 saturated heterocycles. The van der Waals surface area contributed by atoms with Crippen molar-refractivity contribution in [1.82, 2.24) is 16.0 Å². The Bertz CT molecular complexity index is 775. The van der Waals surface area contributed by atoms with E-state index in [0.717, 1.165) is 0 Å². The van der Waals surface area contributed by atoms with Crippen molar-refractivity contribution in [2.24, 2.45) is 0 Å². The fraction of sp³-hybridized carbons (Fsp3) is 0.294. The monoisotopic (exact) mass is 360 g/mol. The summed E-state index contributed by atoms with van der Waals surface area (Å²) in [5, 5.41) is 18.6. The lowest BCUT2D eigenvalue weighted by molar-refractivity contribution is -0.384. The first-order valence-corrected chi connectivity index (χ1v) is 7.98. The van der Waals surface area contributed by atoms with E-state index in [2.05, 4.69) is 16.0 Å². The molecule has 2 unspecified atom stereocenters. The molecule has 3 amide bonds. The van der Waals surface area contributed by atoms with Gasteiger partial charge < -0.3 is 20.4 Å². The van der Waals surface area contributed by atoms with Crippen molar-refractivity contribution < 1.29 is 18.9 Å². The van der Waals surface area contributed by atoms with Gasteiger partial charge in [-0.3, -0.25) is 14.9 Å². The van der Waals surface area contributed by atoms with Crippen LogP contribution in [-0.2, 0) is 11.3 Å². The number of nitrogens with one attached hydrogen (secondary N) is 3. The Morgan fingerprint density at radius 1 is 1.19 bits per heavy atom. The number of benzene rings is 1. The van der Waals surface area contributed by atoms with Crippen molar-refractivity contribution in [3.05, 3.63) is 64.1 Å². The van der Waals surface area contributed by atoms with Gasteiger partial charge in [-0.2, -0.15) is 0 Å². The number of urea groups is 1. The molecule has 0 fully saturated rings. The van der Waals surface area contributed by atoms with Gasteiger partial charge in [-0.05, 0) is 31.5 Å². The lowest BCUT2D eigenvalue weighted by atomic mass is 10.1. The largest absolute Gasteiger partial charge is 0.467 e. The second-order valence-corrected chi connectivity index (χ2v) is 5.71. The third kappa shape index (κ3) is 5.33. The number of amides is 3. The molecule has 2 rings (SSSR count). The van der Waals surface area contributed by atoms with Gasteiger partial charge in [0.05, 0.1) is 23.8 Å². The molecule has 2 aromatic rings. The molecule has 1 aromatic heterocycles. The molecule has 0 aliphatic rings. The zero-order valence-corrected chi connectivity index (χ0v) is 14.4. The van der Waals surface area contributed by atoms with Crippen LogP contribution < -0.4 is 16.0 Å². The lowest BCUT2D eigenvalue weighted by Gasteiger charge is -2.18. The maximum Gasteiger partial charge on any atom is 0.315 e. The first kappa shape index (κ1) is 19.0. The molecule has 2 atom stereocenters. The van der Waals surface area contributed by atoms with Crippen LogP contribution in [0.25, 0.3) is 0 Å². The predicted molar refractivity (Wildman–Crippen MR) is 93.2 cm³/mol. The van der Waals surface area contributed by atoms with E-state index in [9.17, 15) is 19.7 Å². The summed E-state index contributed by atoms with van der Waals surface area (Å²) in [5.41, 5.74) is 0.534. The molecule has 9 heteroatoms. The van der Waals surface area contributed by atoms with Gasteiger partial charge >= 0.3 is 6.03 Å². The average Bonchev–Trinajstić information content (AvgIpc) is 3.13. The van der Waals surface area contributed by atoms with Crippen LogP contribution in [0, 0.1) is 10.1 Å². The van der Waals surface area contributed by atoms with E-state index >= 15 is 0 Å². The Kier molecular flexibility index (Phi) is 6.31. The molecule has 1 heterocycles. The maximum absolute atomic E-state index is 12.0. The van der Waals surface area contributed by atoms with Gasteiger partial charge in [-0.1, -0.05) is 12.1 Å². The lowest BCUT2D eigenvalue weighted by Crippen LogP contribution is -2.48. The Morgan fingerprint density at radius 2 is 1.96 bits per heavy atom. The standard InChI is InChI=1S/C17H20N4O5/c1-11(13-5-3-6-14(9-13)21(24)25)19-17(23)20-12(2)16(22)18-10-15-7-4-8-26-15/h3-9,11-12H,10H2,1-2H3,(H,18,22)(H2,19,20,23). The van der Waals surface area contributed by atoms with E-state index < -0.39 is 23.0 Å². The van der Waals surface area contributed by atoms with Gasteiger partial charge in [0.1, 0.15) is 11.8 Å². The number of carbonyl (C=O) groups is 2. The predicted octanol–water partition coefficient (Wildman–Crippen LogP) is 2.25. The van der Waals surface area contributed by atoms with Crippen LogP contribution in [0.15, 0.2) is 47.1 Å². The number of carbonyl (C=O) groups excluding carboxylic acids is 2. The van der Waals surface area contributed by atoms with E-state index in [1.54, 1.807) is 38.1 Å². The molecule has 9 nitrogen and oxygen atoms in total. The summed E-state index contributed by atoms with van der Waals surface area (Å²) < 4.78 is 5.11. The van der Waals surface area contributed by atoms with Gasteiger partial charge in [-0.15, -0.1) is 0 Å². The second kappa shape index (κ2) is 8.65. The molecule has 0 bridgehead atoms. The highest BCUT2D eigenvalue weighted by Gasteiger charge is 2.18. The number of hydrogen-bond donors (Lipinski definition) is 3. The van der Waals surface area contributed by atoms with E-state index in [1.807, 2.05) is 0 Å². The molecule has 0 aliphatic carbocycles. The Balaban J connectivity index is 1.83. The van der Waals surface area contributed by atoms with Gasteiger partial charge in [0, 0.05) is 12.1 Å². The third-order valence-electron chi connectivity index (χ3n) is 3.69. The van der Waals surface area contributed by atoms with E-state index in [1.165, 1.54) is 18.4 Å². The van der Waals surface area contributed by atoms with E-state index in [-0.39, 0.29) is 18.1 Å². The SMILES string of the molecule is CC(NC(=O)NC(C)c1cccc([N+](=O)[O-])c1)C(=O)NCc1ccco1. The molecule has 0 radical (unpaired) electrons. The van der Waals surface area contributed by atoms with Crippen LogP contribution >= 0.6 is 0 Å². The van der Waals surface area contributed by atoms with Crippen LogP contribution in [0.2, 0.25) is 0 Å². The van der Waals surface area contributed by atoms with Crippen molar-refractivity contribution in [2.45, 2.75) is 32.5 Å². The summed E-state index contributed by atoms with van der Waals surface area (Å²) in [6.45, 7) is 3.47. The molecule has 0 saturated carbocycles. The van der Waals surface area contributed by atoms with Crippen LogP contribution in [-0.4, -0.2) is 22.9 Å². The summed E-state index contributed by atoms with van der Waals surface area (Å²) in [6.07, 6.45) is 1.51. The maximum atomic E-state index is 12.0. The Morgan fingerprint density at radius 3 is 2.62 bits per heavy atom.